The summed E-state index contributed by atoms with van der Waals surface area (Å²) in [6.07, 6.45) is 2.61. The number of rotatable bonds is 4. The number of aliphatic imine (C=N–C) groups is 1. The molecule has 5 nitrogen and oxygen atoms in total. The molecule has 20 heavy (non-hydrogen) atoms. The van der Waals surface area contributed by atoms with Crippen LogP contribution in [0.25, 0.3) is 0 Å². The second kappa shape index (κ2) is 6.23. The monoisotopic (exact) mass is 271 g/mol. The van der Waals surface area contributed by atoms with Crippen molar-refractivity contribution < 1.29 is 0 Å². The largest absolute Gasteiger partial charge is 0.370 e. The van der Waals surface area contributed by atoms with Crippen LogP contribution in [-0.4, -0.2) is 22.3 Å². The van der Waals surface area contributed by atoms with Gasteiger partial charge in [-0.25, -0.2) is 0 Å². The van der Waals surface area contributed by atoms with Gasteiger partial charge in [0.25, 0.3) is 0 Å². The Kier molecular flexibility index (Phi) is 4.40. The maximum Gasteiger partial charge on any atom is 0.193 e. The molecule has 2 rings (SSSR count). The molecule has 0 fully saturated rings. The molecule has 0 bridgehead atoms. The number of aromatic nitrogens is 2. The molecule has 0 aliphatic heterocycles. The molecule has 0 saturated heterocycles. The minimum Gasteiger partial charge on any atom is -0.370 e. The molecule has 0 aliphatic carbocycles. The van der Waals surface area contributed by atoms with Crippen molar-refractivity contribution in [2.24, 2.45) is 17.8 Å². The average Bonchev–Trinajstić information content (AvgIpc) is 2.73. The lowest BCUT2D eigenvalue weighted by atomic mass is 10.1. The van der Waals surface area contributed by atoms with Crippen molar-refractivity contribution in [1.29, 1.82) is 0 Å². The summed E-state index contributed by atoms with van der Waals surface area (Å²) in [4.78, 5) is 4.34. The third-order valence-electron chi connectivity index (χ3n) is 3.07. The van der Waals surface area contributed by atoms with E-state index in [0.29, 0.717) is 12.5 Å². The van der Waals surface area contributed by atoms with Gasteiger partial charge >= 0.3 is 0 Å². The van der Waals surface area contributed by atoms with E-state index in [2.05, 4.69) is 47.5 Å². The number of benzene rings is 1. The molecule has 0 aliphatic rings. The van der Waals surface area contributed by atoms with E-state index in [9.17, 15) is 0 Å². The van der Waals surface area contributed by atoms with Crippen molar-refractivity contribution in [3.05, 3.63) is 47.3 Å². The molecule has 106 valence electrons. The van der Waals surface area contributed by atoms with E-state index in [1.165, 1.54) is 11.1 Å². The van der Waals surface area contributed by atoms with Gasteiger partial charge in [0.15, 0.2) is 5.96 Å². The normalized spacial score (nSPS) is 11.7. The number of nitrogens with one attached hydrogen (secondary N) is 1. The van der Waals surface area contributed by atoms with Crippen molar-refractivity contribution in [2.45, 2.75) is 20.3 Å². The lowest BCUT2D eigenvalue weighted by Crippen LogP contribution is -2.23. The summed E-state index contributed by atoms with van der Waals surface area (Å²) >= 11 is 0. The van der Waals surface area contributed by atoms with Crippen LogP contribution < -0.4 is 11.1 Å². The van der Waals surface area contributed by atoms with Gasteiger partial charge in [0.1, 0.15) is 0 Å². The van der Waals surface area contributed by atoms with Gasteiger partial charge in [-0.15, -0.1) is 0 Å². The van der Waals surface area contributed by atoms with E-state index in [-0.39, 0.29) is 0 Å². The van der Waals surface area contributed by atoms with Crippen LogP contribution in [0.3, 0.4) is 0 Å². The van der Waals surface area contributed by atoms with Gasteiger partial charge < -0.3 is 11.1 Å². The second-order valence-electron chi connectivity index (χ2n) is 4.96. The highest BCUT2D eigenvalue weighted by Crippen LogP contribution is 2.13. The van der Waals surface area contributed by atoms with Gasteiger partial charge in [0, 0.05) is 37.6 Å². The Labute approximate surface area is 119 Å². The third kappa shape index (κ3) is 3.85. The zero-order chi connectivity index (χ0) is 14.5. The topological polar surface area (TPSA) is 68.2 Å². The Morgan fingerprint density at radius 3 is 2.60 bits per heavy atom. The van der Waals surface area contributed by atoms with E-state index >= 15 is 0 Å². The quantitative estimate of drug-likeness (QED) is 0.660. The van der Waals surface area contributed by atoms with Crippen molar-refractivity contribution in [2.75, 3.05) is 11.9 Å². The maximum absolute atomic E-state index is 5.90. The molecule has 2 aromatic rings. The Morgan fingerprint density at radius 1 is 1.30 bits per heavy atom. The first-order chi connectivity index (χ1) is 9.54. The first kappa shape index (κ1) is 14.1. The van der Waals surface area contributed by atoms with Gasteiger partial charge in [0.05, 0.1) is 0 Å². The Balaban J connectivity index is 1.92. The first-order valence-corrected chi connectivity index (χ1v) is 6.67. The van der Waals surface area contributed by atoms with Crippen molar-refractivity contribution in [3.63, 3.8) is 0 Å². The molecule has 3 N–H and O–H groups in total. The van der Waals surface area contributed by atoms with Gasteiger partial charge in [-0.05, 0) is 43.2 Å². The zero-order valence-corrected chi connectivity index (χ0v) is 12.2. The zero-order valence-electron chi connectivity index (χ0n) is 12.2. The highest BCUT2D eigenvalue weighted by atomic mass is 15.3. The van der Waals surface area contributed by atoms with Crippen LogP contribution in [0.2, 0.25) is 0 Å². The summed E-state index contributed by atoms with van der Waals surface area (Å²) in [7, 11) is 1.93. The number of nitrogens with two attached hydrogens (primary N) is 1. The summed E-state index contributed by atoms with van der Waals surface area (Å²) in [5.41, 5.74) is 10.4. The predicted octanol–water partition coefficient (Wildman–Crippen LogP) is 2.01. The molecule has 0 radical (unpaired) electrons. The van der Waals surface area contributed by atoms with E-state index < -0.39 is 0 Å². The number of hydrogen-bond donors (Lipinski definition) is 2. The summed E-state index contributed by atoms with van der Waals surface area (Å²) in [5.74, 6) is 0.442. The van der Waals surface area contributed by atoms with E-state index in [4.69, 9.17) is 5.73 Å². The maximum atomic E-state index is 5.90. The van der Waals surface area contributed by atoms with Gasteiger partial charge in [-0.1, -0.05) is 6.07 Å². The fourth-order valence-corrected chi connectivity index (χ4v) is 2.17. The standard InChI is InChI=1S/C15H21N5/c1-11-8-12(2)10-13(9-11)19-15(16)17-6-4-14-5-7-18-20(14)3/h5,7-10H,4,6H2,1-3H3,(H3,16,17,19). The minimum atomic E-state index is 0.442. The molecule has 0 amide bonds. The molecule has 0 unspecified atom stereocenters. The summed E-state index contributed by atoms with van der Waals surface area (Å²) in [5, 5.41) is 7.25. The highest BCUT2D eigenvalue weighted by Gasteiger charge is 1.99. The second-order valence-corrected chi connectivity index (χ2v) is 4.96. The van der Waals surface area contributed by atoms with Crippen LogP contribution in [0, 0.1) is 13.8 Å². The van der Waals surface area contributed by atoms with Gasteiger partial charge in [-0.3, -0.25) is 9.67 Å². The number of nitrogens with zero attached hydrogens (tertiary/aromatic N) is 3. The van der Waals surface area contributed by atoms with Crippen LogP contribution in [0.5, 0.6) is 0 Å². The molecule has 0 atom stereocenters. The van der Waals surface area contributed by atoms with Crippen molar-refractivity contribution >= 4 is 11.6 Å². The van der Waals surface area contributed by atoms with E-state index in [0.717, 1.165) is 17.8 Å². The fourth-order valence-electron chi connectivity index (χ4n) is 2.17. The Bertz CT molecular complexity index is 592. The Hall–Kier alpha value is -2.30. The van der Waals surface area contributed by atoms with Crippen LogP contribution in [0.4, 0.5) is 5.69 Å². The molecular formula is C15H21N5. The van der Waals surface area contributed by atoms with E-state index in [1.54, 1.807) is 6.20 Å². The van der Waals surface area contributed by atoms with Crippen molar-refractivity contribution in [1.82, 2.24) is 9.78 Å². The van der Waals surface area contributed by atoms with Crippen LogP contribution in [0.1, 0.15) is 16.8 Å². The number of aryl methyl sites for hydroxylation is 3. The Morgan fingerprint density at radius 2 is 2.00 bits per heavy atom. The molecule has 1 aromatic carbocycles. The third-order valence-corrected chi connectivity index (χ3v) is 3.07. The number of anilines is 1. The van der Waals surface area contributed by atoms with E-state index in [1.807, 2.05) is 17.8 Å². The van der Waals surface area contributed by atoms with Crippen LogP contribution in [0.15, 0.2) is 35.5 Å². The predicted molar refractivity (Wildman–Crippen MR) is 82.9 cm³/mol. The van der Waals surface area contributed by atoms with Crippen LogP contribution >= 0.6 is 0 Å². The summed E-state index contributed by atoms with van der Waals surface area (Å²) in [6.45, 7) is 4.77. The fraction of sp³-hybridized carbons (Fsp3) is 0.333. The van der Waals surface area contributed by atoms with Crippen molar-refractivity contribution in [3.8, 4) is 0 Å². The molecule has 5 heteroatoms. The first-order valence-electron chi connectivity index (χ1n) is 6.67. The van der Waals surface area contributed by atoms with Gasteiger partial charge in [-0.2, -0.15) is 5.10 Å². The molecule has 0 saturated carbocycles. The molecule has 1 aromatic heterocycles. The minimum absolute atomic E-state index is 0.442. The lowest BCUT2D eigenvalue weighted by molar-refractivity contribution is 0.706. The molecule has 1 heterocycles. The molecule has 0 spiro atoms. The number of guanidine groups is 1. The summed E-state index contributed by atoms with van der Waals surface area (Å²) < 4.78 is 1.85. The van der Waals surface area contributed by atoms with Gasteiger partial charge in [0.2, 0.25) is 0 Å². The molecular weight excluding hydrogens is 250 g/mol. The highest BCUT2D eigenvalue weighted by molar-refractivity contribution is 5.92. The lowest BCUT2D eigenvalue weighted by Gasteiger charge is -2.08. The SMILES string of the molecule is Cc1cc(C)cc(NC(N)=NCCc2ccnn2C)c1. The summed E-state index contributed by atoms with van der Waals surface area (Å²) in [6, 6.07) is 8.22. The van der Waals surface area contributed by atoms with Crippen LogP contribution in [-0.2, 0) is 13.5 Å². The smallest absolute Gasteiger partial charge is 0.193 e. The number of hydrogen-bond acceptors (Lipinski definition) is 2. The average molecular weight is 271 g/mol.